The largest absolute Gasteiger partial charge is 0.494 e. The molecule has 1 aliphatic heterocycles. The Hall–Kier alpha value is -1.40. The summed E-state index contributed by atoms with van der Waals surface area (Å²) in [6.07, 6.45) is 1.15. The van der Waals surface area contributed by atoms with Crippen LogP contribution in [0.25, 0.3) is 0 Å². The van der Waals surface area contributed by atoms with Crippen molar-refractivity contribution in [2.24, 2.45) is 0 Å². The lowest BCUT2D eigenvalue weighted by Gasteiger charge is -2.22. The van der Waals surface area contributed by atoms with Gasteiger partial charge in [0.05, 0.1) is 19.3 Å². The molecular formula is C14H21N3O2S. The van der Waals surface area contributed by atoms with Crippen LogP contribution in [0.2, 0.25) is 0 Å². The van der Waals surface area contributed by atoms with Gasteiger partial charge in [0, 0.05) is 23.5 Å². The van der Waals surface area contributed by atoms with E-state index < -0.39 is 0 Å². The first-order valence-electron chi connectivity index (χ1n) is 6.61. The fourth-order valence-electron chi connectivity index (χ4n) is 2.23. The Morgan fingerprint density at radius 3 is 3.05 bits per heavy atom. The van der Waals surface area contributed by atoms with Gasteiger partial charge in [0.15, 0.2) is 0 Å². The lowest BCUT2D eigenvalue weighted by Crippen LogP contribution is -2.38. The highest BCUT2D eigenvalue weighted by molar-refractivity contribution is 7.99. The molecule has 0 aromatic heterocycles. The molecule has 0 radical (unpaired) electrons. The van der Waals surface area contributed by atoms with E-state index in [9.17, 15) is 4.79 Å². The molecule has 5 nitrogen and oxygen atoms in total. The normalized spacial score (nSPS) is 18.2. The van der Waals surface area contributed by atoms with Gasteiger partial charge in [0.25, 0.3) is 0 Å². The first-order valence-corrected chi connectivity index (χ1v) is 7.77. The summed E-state index contributed by atoms with van der Waals surface area (Å²) in [6, 6.07) is 5.71. The molecule has 0 bridgehead atoms. The Bertz CT molecular complexity index is 475. The first-order chi connectivity index (χ1) is 9.60. The minimum atomic E-state index is -0.0347. The van der Waals surface area contributed by atoms with E-state index in [1.54, 1.807) is 25.3 Å². The molecule has 1 fully saturated rings. The fraction of sp³-hybridized carbons (Fsp3) is 0.500. The second-order valence-corrected chi connectivity index (χ2v) is 6.09. The molecule has 1 aromatic carbocycles. The lowest BCUT2D eigenvalue weighted by atomic mass is 10.2. The number of amides is 1. The first kappa shape index (κ1) is 15.0. The molecule has 0 aliphatic carbocycles. The average molecular weight is 295 g/mol. The number of nitrogens with two attached hydrogens (primary N) is 1. The van der Waals surface area contributed by atoms with Crippen LogP contribution < -0.4 is 15.8 Å². The van der Waals surface area contributed by atoms with Crippen molar-refractivity contribution >= 4 is 29.0 Å². The predicted molar refractivity (Wildman–Crippen MR) is 84.4 cm³/mol. The van der Waals surface area contributed by atoms with E-state index in [0.29, 0.717) is 29.7 Å². The van der Waals surface area contributed by atoms with Gasteiger partial charge in [-0.25, -0.2) is 0 Å². The molecule has 1 atom stereocenters. The number of likely N-dealkylation sites (N-methyl/N-ethyl adjacent to an activating group) is 1. The average Bonchev–Trinajstić information content (AvgIpc) is 2.94. The SMILES string of the molecule is COc1cc(N)ccc1NC(=O)CN(C)C1CCSC1. The van der Waals surface area contributed by atoms with E-state index in [4.69, 9.17) is 10.5 Å². The number of ether oxygens (including phenoxy) is 1. The standard InChI is InChI=1S/C14H21N3O2S/c1-17(11-5-6-20-9-11)8-14(18)16-12-4-3-10(15)7-13(12)19-2/h3-4,7,11H,5-6,8-9,15H2,1-2H3,(H,16,18). The number of carbonyl (C=O) groups excluding carboxylic acids is 1. The monoisotopic (exact) mass is 295 g/mol. The number of benzene rings is 1. The molecule has 6 heteroatoms. The van der Waals surface area contributed by atoms with Gasteiger partial charge in [-0.2, -0.15) is 11.8 Å². The summed E-state index contributed by atoms with van der Waals surface area (Å²) in [6.45, 7) is 0.388. The topological polar surface area (TPSA) is 67.6 Å². The number of nitrogens with one attached hydrogen (secondary N) is 1. The molecule has 1 saturated heterocycles. The second kappa shape index (κ2) is 6.85. The summed E-state index contributed by atoms with van der Waals surface area (Å²) in [4.78, 5) is 14.2. The highest BCUT2D eigenvalue weighted by Gasteiger charge is 2.21. The molecule has 1 aliphatic rings. The predicted octanol–water partition coefficient (Wildman–Crippen LogP) is 1.65. The van der Waals surface area contributed by atoms with Gasteiger partial charge < -0.3 is 15.8 Å². The summed E-state index contributed by atoms with van der Waals surface area (Å²) in [5, 5.41) is 2.88. The van der Waals surface area contributed by atoms with Gasteiger partial charge in [0.2, 0.25) is 5.91 Å². The minimum Gasteiger partial charge on any atom is -0.494 e. The van der Waals surface area contributed by atoms with Crippen molar-refractivity contribution in [3.8, 4) is 5.75 Å². The highest BCUT2D eigenvalue weighted by Crippen LogP contribution is 2.26. The van der Waals surface area contributed by atoms with Gasteiger partial charge in [-0.3, -0.25) is 9.69 Å². The van der Waals surface area contributed by atoms with Crippen LogP contribution in [0, 0.1) is 0 Å². The number of nitrogens with zero attached hydrogens (tertiary/aromatic N) is 1. The highest BCUT2D eigenvalue weighted by atomic mass is 32.2. The fourth-order valence-corrected chi connectivity index (χ4v) is 3.52. The maximum atomic E-state index is 12.1. The summed E-state index contributed by atoms with van der Waals surface area (Å²) < 4.78 is 5.22. The number of rotatable bonds is 5. The third-order valence-corrected chi connectivity index (χ3v) is 4.57. The summed E-state index contributed by atoms with van der Waals surface area (Å²) in [7, 11) is 3.56. The van der Waals surface area contributed by atoms with Crippen LogP contribution >= 0.6 is 11.8 Å². The van der Waals surface area contributed by atoms with E-state index >= 15 is 0 Å². The van der Waals surface area contributed by atoms with Gasteiger partial charge in [-0.1, -0.05) is 0 Å². The summed E-state index contributed by atoms with van der Waals surface area (Å²) >= 11 is 1.94. The Morgan fingerprint density at radius 2 is 2.40 bits per heavy atom. The summed E-state index contributed by atoms with van der Waals surface area (Å²) in [5.41, 5.74) is 6.96. The van der Waals surface area contributed by atoms with Crippen LogP contribution in [0.3, 0.4) is 0 Å². The van der Waals surface area contributed by atoms with Gasteiger partial charge in [0.1, 0.15) is 5.75 Å². The van der Waals surface area contributed by atoms with Crippen molar-refractivity contribution in [2.45, 2.75) is 12.5 Å². The smallest absolute Gasteiger partial charge is 0.238 e. The van der Waals surface area contributed by atoms with Gasteiger partial charge >= 0.3 is 0 Å². The molecule has 3 N–H and O–H groups in total. The van der Waals surface area contributed by atoms with Crippen LogP contribution in [0.15, 0.2) is 18.2 Å². The van der Waals surface area contributed by atoms with E-state index in [2.05, 4.69) is 10.2 Å². The lowest BCUT2D eigenvalue weighted by molar-refractivity contribution is -0.117. The number of anilines is 2. The number of hydrogen-bond acceptors (Lipinski definition) is 5. The molecule has 0 spiro atoms. The van der Waals surface area contributed by atoms with Crippen LogP contribution in [0.1, 0.15) is 6.42 Å². The van der Waals surface area contributed by atoms with Crippen molar-refractivity contribution in [2.75, 3.05) is 43.3 Å². The third kappa shape index (κ3) is 3.80. The maximum absolute atomic E-state index is 12.1. The second-order valence-electron chi connectivity index (χ2n) is 4.94. The quantitative estimate of drug-likeness (QED) is 0.809. The minimum absolute atomic E-state index is 0.0347. The Kier molecular flexibility index (Phi) is 5.14. The van der Waals surface area contributed by atoms with Crippen LogP contribution in [0.5, 0.6) is 5.75 Å². The molecule has 20 heavy (non-hydrogen) atoms. The third-order valence-electron chi connectivity index (χ3n) is 3.42. The van der Waals surface area contributed by atoms with Crippen molar-refractivity contribution in [1.29, 1.82) is 0 Å². The number of thioether (sulfide) groups is 1. The van der Waals surface area contributed by atoms with E-state index in [-0.39, 0.29) is 5.91 Å². The zero-order chi connectivity index (χ0) is 14.5. The van der Waals surface area contributed by atoms with E-state index in [1.165, 1.54) is 5.75 Å². The molecular weight excluding hydrogens is 274 g/mol. The number of methoxy groups -OCH3 is 1. The molecule has 1 unspecified atom stereocenters. The molecule has 110 valence electrons. The zero-order valence-electron chi connectivity index (χ0n) is 11.9. The number of hydrogen-bond donors (Lipinski definition) is 2. The van der Waals surface area contributed by atoms with E-state index in [1.807, 2.05) is 18.8 Å². The molecule has 2 rings (SSSR count). The van der Waals surface area contributed by atoms with Crippen LogP contribution in [0.4, 0.5) is 11.4 Å². The van der Waals surface area contributed by atoms with Crippen LogP contribution in [-0.2, 0) is 4.79 Å². The van der Waals surface area contributed by atoms with Gasteiger partial charge in [-0.15, -0.1) is 0 Å². The van der Waals surface area contributed by atoms with E-state index in [0.717, 1.165) is 12.2 Å². The van der Waals surface area contributed by atoms with Crippen molar-refractivity contribution in [3.05, 3.63) is 18.2 Å². The Morgan fingerprint density at radius 1 is 1.60 bits per heavy atom. The molecule has 1 aromatic rings. The summed E-state index contributed by atoms with van der Waals surface area (Å²) in [5.74, 6) is 2.84. The molecule has 0 saturated carbocycles. The van der Waals surface area contributed by atoms with Gasteiger partial charge in [-0.05, 0) is 31.4 Å². The maximum Gasteiger partial charge on any atom is 0.238 e. The van der Waals surface area contributed by atoms with Crippen molar-refractivity contribution in [3.63, 3.8) is 0 Å². The van der Waals surface area contributed by atoms with Crippen molar-refractivity contribution < 1.29 is 9.53 Å². The number of carbonyl (C=O) groups is 1. The molecule has 1 amide bonds. The van der Waals surface area contributed by atoms with Crippen LogP contribution in [-0.4, -0.2) is 49.1 Å². The molecule has 1 heterocycles. The van der Waals surface area contributed by atoms with Crippen molar-refractivity contribution in [1.82, 2.24) is 4.90 Å². The number of nitrogen functional groups attached to an aromatic ring is 1. The zero-order valence-corrected chi connectivity index (χ0v) is 12.7. The Balaban J connectivity index is 1.93. The Labute approximate surface area is 123 Å².